The minimum atomic E-state index is -4.56. The van der Waals surface area contributed by atoms with Crippen molar-refractivity contribution in [2.24, 2.45) is 0 Å². The predicted molar refractivity (Wildman–Crippen MR) is 78.1 cm³/mol. The first kappa shape index (κ1) is 15.4. The van der Waals surface area contributed by atoms with Crippen LogP contribution in [0.3, 0.4) is 0 Å². The first-order chi connectivity index (χ1) is 11.0. The Morgan fingerprint density at radius 3 is 2.52 bits per heavy atom. The van der Waals surface area contributed by atoms with E-state index in [4.69, 9.17) is 4.74 Å². The third kappa shape index (κ3) is 3.16. The molecule has 1 amide bonds. The fourth-order valence-corrected chi connectivity index (χ4v) is 2.59. The molecule has 1 aliphatic heterocycles. The van der Waals surface area contributed by atoms with Crippen LogP contribution in [0.5, 0.6) is 5.75 Å². The third-order valence-corrected chi connectivity index (χ3v) is 3.70. The Labute approximate surface area is 131 Å². The van der Waals surface area contributed by atoms with Gasteiger partial charge in [-0.05, 0) is 18.2 Å². The van der Waals surface area contributed by atoms with E-state index in [9.17, 15) is 18.0 Å². The first-order valence-corrected chi connectivity index (χ1v) is 7.13. The molecule has 1 aliphatic rings. The molecule has 2 aromatic rings. The minimum absolute atomic E-state index is 0.223. The van der Waals surface area contributed by atoms with E-state index >= 15 is 0 Å². The van der Waals surface area contributed by atoms with Crippen LogP contribution in [0.1, 0.15) is 21.5 Å². The van der Waals surface area contributed by atoms with Gasteiger partial charge in [0.15, 0.2) is 0 Å². The maximum atomic E-state index is 13.1. The monoisotopic (exact) mass is 321 g/mol. The summed E-state index contributed by atoms with van der Waals surface area (Å²) in [7, 11) is 0. The number of alkyl halides is 3. The highest BCUT2D eigenvalue weighted by molar-refractivity contribution is 5.96. The maximum absolute atomic E-state index is 13.1. The molecule has 0 fully saturated rings. The summed E-state index contributed by atoms with van der Waals surface area (Å²) < 4.78 is 44.8. The van der Waals surface area contributed by atoms with Crippen molar-refractivity contribution in [3.05, 3.63) is 65.2 Å². The van der Waals surface area contributed by atoms with Crippen LogP contribution in [0.15, 0.2) is 48.5 Å². The molecule has 0 N–H and O–H groups in total. The average Bonchev–Trinajstić information content (AvgIpc) is 2.75. The molecule has 0 saturated carbocycles. The van der Waals surface area contributed by atoms with Crippen molar-refractivity contribution < 1.29 is 22.7 Å². The fourth-order valence-electron chi connectivity index (χ4n) is 2.59. The Balaban J connectivity index is 1.93. The highest BCUT2D eigenvalue weighted by Crippen LogP contribution is 2.33. The normalized spacial score (nSPS) is 14.7. The fraction of sp³-hybridized carbons (Fsp3) is 0.235. The largest absolute Gasteiger partial charge is 0.491 e. The molecule has 3 nitrogen and oxygen atoms in total. The van der Waals surface area contributed by atoms with Gasteiger partial charge in [0.2, 0.25) is 0 Å². The van der Waals surface area contributed by atoms with Gasteiger partial charge in [0.05, 0.1) is 17.7 Å². The minimum Gasteiger partial charge on any atom is -0.491 e. The lowest BCUT2D eigenvalue weighted by Gasteiger charge is -2.22. The number of hydrogen-bond acceptors (Lipinski definition) is 2. The third-order valence-electron chi connectivity index (χ3n) is 3.70. The zero-order valence-electron chi connectivity index (χ0n) is 12.1. The number of rotatable bonds is 1. The standard InChI is InChI=1S/C17H14F3NO2/c18-17(19,20)14-7-3-2-6-13(14)16(22)21-9-10-23-15-8-4-1-5-12(15)11-21/h1-8H,9-11H2. The van der Waals surface area contributed by atoms with Gasteiger partial charge in [-0.3, -0.25) is 4.79 Å². The number of nitrogens with zero attached hydrogens (tertiary/aromatic N) is 1. The van der Waals surface area contributed by atoms with Crippen LogP contribution in [-0.4, -0.2) is 24.0 Å². The summed E-state index contributed by atoms with van der Waals surface area (Å²) in [6.45, 7) is 0.706. The van der Waals surface area contributed by atoms with Crippen LogP contribution < -0.4 is 4.74 Å². The maximum Gasteiger partial charge on any atom is 0.417 e. The Bertz CT molecular complexity index is 728. The molecule has 0 atom stereocenters. The van der Waals surface area contributed by atoms with E-state index in [0.29, 0.717) is 5.75 Å². The lowest BCUT2D eigenvalue weighted by atomic mass is 10.1. The molecule has 0 radical (unpaired) electrons. The number of ether oxygens (including phenoxy) is 1. The van der Waals surface area contributed by atoms with Gasteiger partial charge in [-0.15, -0.1) is 0 Å². The van der Waals surface area contributed by atoms with Crippen molar-refractivity contribution in [1.29, 1.82) is 0 Å². The molecular formula is C17H14F3NO2. The van der Waals surface area contributed by atoms with E-state index in [1.807, 2.05) is 6.07 Å². The highest BCUT2D eigenvalue weighted by atomic mass is 19.4. The molecule has 2 aromatic carbocycles. The number of carbonyl (C=O) groups excluding carboxylic acids is 1. The van der Waals surface area contributed by atoms with Crippen LogP contribution in [0, 0.1) is 0 Å². The summed E-state index contributed by atoms with van der Waals surface area (Å²) >= 11 is 0. The molecule has 3 rings (SSSR count). The van der Waals surface area contributed by atoms with Gasteiger partial charge in [-0.1, -0.05) is 30.3 Å². The molecular weight excluding hydrogens is 307 g/mol. The van der Waals surface area contributed by atoms with Crippen LogP contribution in [0.25, 0.3) is 0 Å². The molecule has 23 heavy (non-hydrogen) atoms. The summed E-state index contributed by atoms with van der Waals surface area (Å²) in [5.74, 6) is 0.0186. The number of halogens is 3. The highest BCUT2D eigenvalue weighted by Gasteiger charge is 2.36. The molecule has 0 unspecified atom stereocenters. The summed E-state index contributed by atoms with van der Waals surface area (Å²) in [5.41, 5.74) is -0.467. The van der Waals surface area contributed by atoms with Crippen LogP contribution in [-0.2, 0) is 12.7 Å². The second-order valence-corrected chi connectivity index (χ2v) is 5.23. The van der Waals surface area contributed by atoms with Gasteiger partial charge < -0.3 is 9.64 Å². The molecule has 0 aromatic heterocycles. The molecule has 120 valence electrons. The van der Waals surface area contributed by atoms with Crippen molar-refractivity contribution in [1.82, 2.24) is 4.90 Å². The zero-order chi connectivity index (χ0) is 16.4. The Morgan fingerprint density at radius 1 is 1.04 bits per heavy atom. The van der Waals surface area contributed by atoms with E-state index in [-0.39, 0.29) is 25.3 Å². The molecule has 0 saturated heterocycles. The number of hydrogen-bond donors (Lipinski definition) is 0. The van der Waals surface area contributed by atoms with Crippen LogP contribution in [0.4, 0.5) is 13.2 Å². The number of carbonyl (C=O) groups is 1. The summed E-state index contributed by atoms with van der Waals surface area (Å²) in [5, 5.41) is 0. The molecule has 1 heterocycles. The Kier molecular flexibility index (Phi) is 3.98. The first-order valence-electron chi connectivity index (χ1n) is 7.13. The van der Waals surface area contributed by atoms with Gasteiger partial charge in [-0.25, -0.2) is 0 Å². The number of para-hydroxylation sites is 1. The van der Waals surface area contributed by atoms with Gasteiger partial charge in [-0.2, -0.15) is 13.2 Å². The van der Waals surface area contributed by atoms with E-state index < -0.39 is 17.6 Å². The number of fused-ring (bicyclic) bond motifs is 1. The van der Waals surface area contributed by atoms with Gasteiger partial charge in [0.25, 0.3) is 5.91 Å². The van der Waals surface area contributed by atoms with Crippen molar-refractivity contribution in [2.45, 2.75) is 12.7 Å². The van der Waals surface area contributed by atoms with Crippen LogP contribution in [0.2, 0.25) is 0 Å². The van der Waals surface area contributed by atoms with Crippen molar-refractivity contribution >= 4 is 5.91 Å². The van der Waals surface area contributed by atoms with Crippen LogP contribution >= 0.6 is 0 Å². The van der Waals surface area contributed by atoms with E-state index in [1.165, 1.54) is 23.1 Å². The van der Waals surface area contributed by atoms with Gasteiger partial charge >= 0.3 is 6.18 Å². The molecule has 6 heteroatoms. The van der Waals surface area contributed by atoms with Gasteiger partial charge in [0, 0.05) is 12.1 Å². The topological polar surface area (TPSA) is 29.5 Å². The SMILES string of the molecule is O=C(c1ccccc1C(F)(F)F)N1CCOc2ccccc2C1. The number of benzene rings is 2. The van der Waals surface area contributed by atoms with Gasteiger partial charge in [0.1, 0.15) is 12.4 Å². The lowest BCUT2D eigenvalue weighted by Crippen LogP contribution is -2.33. The van der Waals surface area contributed by atoms with Crippen molar-refractivity contribution in [2.75, 3.05) is 13.2 Å². The Morgan fingerprint density at radius 2 is 1.74 bits per heavy atom. The van der Waals surface area contributed by atoms with E-state index in [0.717, 1.165) is 11.6 Å². The predicted octanol–water partition coefficient (Wildman–Crippen LogP) is 3.74. The molecule has 0 bridgehead atoms. The van der Waals surface area contributed by atoms with Crippen molar-refractivity contribution in [3.63, 3.8) is 0 Å². The zero-order valence-corrected chi connectivity index (χ0v) is 12.1. The summed E-state index contributed by atoms with van der Waals surface area (Å²) in [6, 6.07) is 12.1. The summed E-state index contributed by atoms with van der Waals surface area (Å²) in [6.07, 6.45) is -4.56. The Hall–Kier alpha value is -2.50. The van der Waals surface area contributed by atoms with E-state index in [2.05, 4.69) is 0 Å². The molecule has 0 spiro atoms. The lowest BCUT2D eigenvalue weighted by molar-refractivity contribution is -0.138. The summed E-state index contributed by atoms with van der Waals surface area (Å²) in [4.78, 5) is 14.0. The van der Waals surface area contributed by atoms with E-state index in [1.54, 1.807) is 18.2 Å². The van der Waals surface area contributed by atoms with Crippen molar-refractivity contribution in [3.8, 4) is 5.75 Å². The second-order valence-electron chi connectivity index (χ2n) is 5.23. The molecule has 0 aliphatic carbocycles. The quantitative estimate of drug-likeness (QED) is 0.801. The average molecular weight is 321 g/mol. The smallest absolute Gasteiger partial charge is 0.417 e. The number of amides is 1. The second kappa shape index (κ2) is 5.95.